The van der Waals surface area contributed by atoms with E-state index in [2.05, 4.69) is 6.58 Å². The van der Waals surface area contributed by atoms with Gasteiger partial charge in [0.15, 0.2) is 0 Å². The molecule has 0 saturated heterocycles. The van der Waals surface area contributed by atoms with Crippen LogP contribution >= 0.6 is 0 Å². The predicted molar refractivity (Wildman–Crippen MR) is 63.3 cm³/mol. The van der Waals surface area contributed by atoms with Crippen molar-refractivity contribution in [2.24, 2.45) is 5.73 Å². The maximum absolute atomic E-state index is 10.8. The fourth-order valence-electron chi connectivity index (χ4n) is 1.13. The second kappa shape index (κ2) is 5.86. The molecule has 6 heteroatoms. The normalized spacial score (nSPS) is 9.76. The van der Waals surface area contributed by atoms with Crippen LogP contribution in [0.4, 0.5) is 5.69 Å². The molecule has 0 unspecified atom stereocenters. The molecular weight excluding hydrogens is 224 g/mol. The third-order valence-corrected chi connectivity index (χ3v) is 2.08. The fraction of sp³-hybridized carbons (Fsp3) is 0.273. The molecule has 6 nitrogen and oxygen atoms in total. The van der Waals surface area contributed by atoms with Crippen molar-refractivity contribution >= 4 is 5.69 Å². The Kier molecular flexibility index (Phi) is 4.47. The molecule has 2 N–H and O–H groups in total. The monoisotopic (exact) mass is 238 g/mol. The van der Waals surface area contributed by atoms with Crippen molar-refractivity contribution in [1.82, 2.24) is 0 Å². The van der Waals surface area contributed by atoms with Crippen molar-refractivity contribution < 1.29 is 14.4 Å². The van der Waals surface area contributed by atoms with E-state index in [1.807, 2.05) is 0 Å². The Morgan fingerprint density at radius 2 is 2.29 bits per heavy atom. The number of rotatable bonds is 6. The van der Waals surface area contributed by atoms with Crippen molar-refractivity contribution in [2.75, 3.05) is 20.3 Å². The molecule has 0 spiro atoms. The molecule has 0 bridgehead atoms. The molecule has 0 aliphatic heterocycles. The summed E-state index contributed by atoms with van der Waals surface area (Å²) in [6.45, 7) is 4.07. The summed E-state index contributed by atoms with van der Waals surface area (Å²) in [5, 5.41) is 10.8. The molecule has 0 atom stereocenters. The Labute approximate surface area is 98.8 Å². The first-order valence-corrected chi connectivity index (χ1v) is 4.90. The van der Waals surface area contributed by atoms with Crippen LogP contribution in [-0.2, 0) is 0 Å². The molecule has 17 heavy (non-hydrogen) atoms. The lowest BCUT2D eigenvalue weighted by molar-refractivity contribution is -0.385. The Morgan fingerprint density at radius 1 is 1.59 bits per heavy atom. The van der Waals surface area contributed by atoms with E-state index in [0.29, 0.717) is 11.3 Å². The van der Waals surface area contributed by atoms with Crippen molar-refractivity contribution in [2.45, 2.75) is 0 Å². The second-order valence-corrected chi connectivity index (χ2v) is 3.33. The number of nitrogens with two attached hydrogens (primary N) is 1. The van der Waals surface area contributed by atoms with Gasteiger partial charge in [-0.1, -0.05) is 6.58 Å². The summed E-state index contributed by atoms with van der Waals surface area (Å²) >= 11 is 0. The first-order valence-electron chi connectivity index (χ1n) is 4.90. The van der Waals surface area contributed by atoms with Gasteiger partial charge in [-0.25, -0.2) is 0 Å². The Balaban J connectivity index is 2.93. The Hall–Kier alpha value is -2.08. The average Bonchev–Trinajstić information content (AvgIpc) is 2.35. The Bertz CT molecular complexity index is 431. The summed E-state index contributed by atoms with van der Waals surface area (Å²) in [6.07, 6.45) is 0. The van der Waals surface area contributed by atoms with Crippen molar-refractivity contribution in [3.8, 4) is 11.5 Å². The highest BCUT2D eigenvalue weighted by molar-refractivity contribution is 5.50. The molecule has 1 rings (SSSR count). The summed E-state index contributed by atoms with van der Waals surface area (Å²) in [4.78, 5) is 10.3. The van der Waals surface area contributed by atoms with Crippen molar-refractivity contribution in [3.63, 3.8) is 0 Å². The molecule has 0 heterocycles. The van der Waals surface area contributed by atoms with Crippen LogP contribution in [0.1, 0.15) is 0 Å². The van der Waals surface area contributed by atoms with E-state index in [1.165, 1.54) is 25.3 Å². The van der Waals surface area contributed by atoms with Gasteiger partial charge in [-0.2, -0.15) is 0 Å². The van der Waals surface area contributed by atoms with Crippen LogP contribution in [0.3, 0.4) is 0 Å². The number of hydrogen-bond donors (Lipinski definition) is 1. The van der Waals surface area contributed by atoms with Crippen molar-refractivity contribution in [1.29, 1.82) is 0 Å². The number of nitro benzene ring substituents is 1. The van der Waals surface area contributed by atoms with Crippen LogP contribution in [0.5, 0.6) is 11.5 Å². The van der Waals surface area contributed by atoms with Gasteiger partial charge in [-0.15, -0.1) is 0 Å². The molecule has 0 aromatic heterocycles. The molecule has 0 amide bonds. The molecule has 0 radical (unpaired) electrons. The van der Waals surface area contributed by atoms with E-state index < -0.39 is 4.92 Å². The number of benzene rings is 1. The van der Waals surface area contributed by atoms with Gasteiger partial charge in [0.2, 0.25) is 5.75 Å². The van der Waals surface area contributed by atoms with Crippen LogP contribution in [0.25, 0.3) is 0 Å². The van der Waals surface area contributed by atoms with Crippen LogP contribution < -0.4 is 15.2 Å². The molecular formula is C11H14N2O4. The average molecular weight is 238 g/mol. The molecule has 92 valence electrons. The second-order valence-electron chi connectivity index (χ2n) is 3.33. The zero-order valence-electron chi connectivity index (χ0n) is 9.51. The maximum atomic E-state index is 10.8. The lowest BCUT2D eigenvalue weighted by Gasteiger charge is -2.08. The number of nitro groups is 1. The van der Waals surface area contributed by atoms with Gasteiger partial charge in [-0.05, 0) is 11.6 Å². The van der Waals surface area contributed by atoms with E-state index in [1.54, 1.807) is 0 Å². The quantitative estimate of drug-likeness (QED) is 0.461. The van der Waals surface area contributed by atoms with Gasteiger partial charge in [0, 0.05) is 18.7 Å². The zero-order valence-corrected chi connectivity index (χ0v) is 9.51. The lowest BCUT2D eigenvalue weighted by Crippen LogP contribution is -2.10. The summed E-state index contributed by atoms with van der Waals surface area (Å²) < 4.78 is 10.3. The van der Waals surface area contributed by atoms with E-state index in [0.717, 1.165) is 0 Å². The maximum Gasteiger partial charge on any atom is 0.311 e. The first kappa shape index (κ1) is 13.0. The highest BCUT2D eigenvalue weighted by Crippen LogP contribution is 2.31. The summed E-state index contributed by atoms with van der Waals surface area (Å²) in [5.74, 6) is 0.632. The van der Waals surface area contributed by atoms with Crippen LogP contribution in [0, 0.1) is 10.1 Å². The zero-order chi connectivity index (χ0) is 12.8. The van der Waals surface area contributed by atoms with Crippen molar-refractivity contribution in [3.05, 3.63) is 40.5 Å². The minimum absolute atomic E-state index is 0.115. The van der Waals surface area contributed by atoms with Gasteiger partial charge >= 0.3 is 5.69 Å². The largest absolute Gasteiger partial charge is 0.497 e. The highest BCUT2D eigenvalue weighted by Gasteiger charge is 2.16. The van der Waals surface area contributed by atoms with Crippen LogP contribution in [0.2, 0.25) is 0 Å². The van der Waals surface area contributed by atoms with E-state index in [9.17, 15) is 10.1 Å². The summed E-state index contributed by atoms with van der Waals surface area (Å²) in [6, 6.07) is 4.30. The number of methoxy groups -OCH3 is 1. The molecule has 0 aliphatic rings. The predicted octanol–water partition coefficient (Wildman–Crippen LogP) is 1.50. The molecule has 0 fully saturated rings. The Morgan fingerprint density at radius 3 is 2.82 bits per heavy atom. The number of ether oxygens (including phenoxy) is 2. The molecule has 1 aromatic carbocycles. The molecule has 0 aliphatic carbocycles. The smallest absolute Gasteiger partial charge is 0.311 e. The fourth-order valence-corrected chi connectivity index (χ4v) is 1.13. The summed E-state index contributed by atoms with van der Waals surface area (Å²) in [7, 11) is 1.48. The lowest BCUT2D eigenvalue weighted by atomic mass is 10.2. The van der Waals surface area contributed by atoms with Gasteiger partial charge in [0.1, 0.15) is 12.4 Å². The summed E-state index contributed by atoms with van der Waals surface area (Å²) in [5.41, 5.74) is 5.89. The third kappa shape index (κ3) is 3.46. The van der Waals surface area contributed by atoms with Gasteiger partial charge in [0.05, 0.1) is 12.0 Å². The SMILES string of the molecule is C=C(CN)COc1cc(OC)ccc1[N+](=O)[O-]. The highest BCUT2D eigenvalue weighted by atomic mass is 16.6. The minimum Gasteiger partial charge on any atom is -0.497 e. The first-order chi connectivity index (χ1) is 8.08. The van der Waals surface area contributed by atoms with E-state index >= 15 is 0 Å². The molecule has 0 saturated carbocycles. The topological polar surface area (TPSA) is 87.6 Å². The van der Waals surface area contributed by atoms with Crippen LogP contribution in [0.15, 0.2) is 30.4 Å². The van der Waals surface area contributed by atoms with Gasteiger partial charge in [0.25, 0.3) is 0 Å². The van der Waals surface area contributed by atoms with E-state index in [4.69, 9.17) is 15.2 Å². The number of nitrogens with zero attached hydrogens (tertiary/aromatic N) is 1. The van der Waals surface area contributed by atoms with Gasteiger partial charge in [-0.3, -0.25) is 10.1 Å². The van der Waals surface area contributed by atoms with Crippen LogP contribution in [-0.4, -0.2) is 25.2 Å². The number of hydrogen-bond acceptors (Lipinski definition) is 5. The van der Waals surface area contributed by atoms with E-state index in [-0.39, 0.29) is 24.6 Å². The minimum atomic E-state index is -0.514. The van der Waals surface area contributed by atoms with Gasteiger partial charge < -0.3 is 15.2 Å². The molecule has 1 aromatic rings. The standard InChI is InChI=1S/C11H14N2O4/c1-8(6-12)7-17-11-5-9(16-2)3-4-10(11)13(14)15/h3-5H,1,6-7,12H2,2H3. The third-order valence-electron chi connectivity index (χ3n) is 2.08.